The third-order valence-corrected chi connectivity index (χ3v) is 2.24. The number of anilines is 1. The van der Waals surface area contributed by atoms with Gasteiger partial charge in [0.1, 0.15) is 5.69 Å². The molecule has 1 aliphatic carbocycles. The van der Waals surface area contributed by atoms with Gasteiger partial charge in [0.05, 0.1) is 0 Å². The van der Waals surface area contributed by atoms with E-state index in [0.717, 1.165) is 16.5 Å². The van der Waals surface area contributed by atoms with Crippen LogP contribution in [0.2, 0.25) is 0 Å². The Balaban J connectivity index is 2.41. The molecule has 1 aliphatic heterocycles. The van der Waals surface area contributed by atoms with E-state index in [9.17, 15) is 0 Å². The van der Waals surface area contributed by atoms with Crippen LogP contribution in [0.5, 0.6) is 0 Å². The fourth-order valence-corrected chi connectivity index (χ4v) is 1.54. The van der Waals surface area contributed by atoms with Crippen molar-refractivity contribution in [2.75, 3.05) is 5.43 Å². The first-order chi connectivity index (χ1) is 7.45. The molecule has 0 amide bonds. The number of aromatic nitrogens is 1. The zero-order valence-corrected chi connectivity index (χ0v) is 7.75. The van der Waals surface area contributed by atoms with Crippen LogP contribution in [0.15, 0.2) is 40.0 Å². The molecule has 0 bridgehead atoms. The van der Waals surface area contributed by atoms with Crippen LogP contribution >= 0.6 is 0 Å². The van der Waals surface area contributed by atoms with Gasteiger partial charge in [-0.15, -0.1) is 5.10 Å². The van der Waals surface area contributed by atoms with Crippen molar-refractivity contribution in [3.63, 3.8) is 0 Å². The van der Waals surface area contributed by atoms with Crippen molar-refractivity contribution in [1.82, 2.24) is 4.98 Å². The number of nitrogens with one attached hydrogen (secondary N) is 1. The molecule has 1 aromatic heterocycles. The number of rotatable bonds is 0. The minimum Gasteiger partial charge on any atom is -0.254 e. The van der Waals surface area contributed by atoms with Gasteiger partial charge < -0.3 is 0 Å². The highest BCUT2D eigenvalue weighted by Crippen LogP contribution is 2.10. The fourth-order valence-electron chi connectivity index (χ4n) is 1.54. The van der Waals surface area contributed by atoms with Gasteiger partial charge in [0.2, 0.25) is 5.49 Å². The van der Waals surface area contributed by atoms with Gasteiger partial charge in [0.15, 0.2) is 0 Å². The van der Waals surface area contributed by atoms with Crippen molar-refractivity contribution >= 4 is 17.8 Å². The van der Waals surface area contributed by atoms with Gasteiger partial charge in [-0.2, -0.15) is 0 Å². The first-order valence-electron chi connectivity index (χ1n) is 4.53. The Morgan fingerprint density at radius 1 is 1.13 bits per heavy atom. The summed E-state index contributed by atoms with van der Waals surface area (Å²) in [5.41, 5.74) is 5.23. The van der Waals surface area contributed by atoms with Crippen LogP contribution in [0, 0.1) is 0 Å². The summed E-state index contributed by atoms with van der Waals surface area (Å²) < 4.78 is 0. The molecule has 2 heterocycles. The topological polar surface area (TPSA) is 62.0 Å². The van der Waals surface area contributed by atoms with Gasteiger partial charge in [-0.05, 0) is 10.4 Å². The minimum absolute atomic E-state index is 0.573. The Bertz CT molecular complexity index is 609. The van der Waals surface area contributed by atoms with E-state index in [-0.39, 0.29) is 0 Å². The van der Waals surface area contributed by atoms with Crippen molar-refractivity contribution in [2.45, 2.75) is 0 Å². The second kappa shape index (κ2) is 3.13. The molecule has 0 spiro atoms. The van der Waals surface area contributed by atoms with Crippen LogP contribution in [-0.2, 0) is 0 Å². The van der Waals surface area contributed by atoms with E-state index in [4.69, 9.17) is 0 Å². The molecule has 0 saturated carbocycles. The number of fused-ring (bicyclic) bond motifs is 3. The smallest absolute Gasteiger partial charge is 0.202 e. The number of hydrogen-bond donors (Lipinski definition) is 1. The Morgan fingerprint density at radius 2 is 2.13 bits per heavy atom. The summed E-state index contributed by atoms with van der Waals surface area (Å²) in [6.45, 7) is 0. The van der Waals surface area contributed by atoms with Gasteiger partial charge in [0.25, 0.3) is 0 Å². The van der Waals surface area contributed by atoms with Crippen LogP contribution < -0.4 is 16.1 Å². The molecule has 0 fully saturated rings. The molecule has 1 N–H and O–H groups in total. The zero-order valence-electron chi connectivity index (χ0n) is 7.75. The highest BCUT2D eigenvalue weighted by molar-refractivity contribution is 5.69. The maximum atomic E-state index is 4.19. The monoisotopic (exact) mass is 197 g/mol. The summed E-state index contributed by atoms with van der Waals surface area (Å²) in [5.74, 6) is 0. The summed E-state index contributed by atoms with van der Waals surface area (Å²) in [5, 5.41) is 12.1. The summed E-state index contributed by atoms with van der Waals surface area (Å²) >= 11 is 0. The molecular weight excluding hydrogens is 190 g/mol. The van der Waals surface area contributed by atoms with Crippen LogP contribution in [0.4, 0.5) is 5.69 Å². The predicted octanol–water partition coefficient (Wildman–Crippen LogP) is 0.772. The molecule has 0 aromatic carbocycles. The van der Waals surface area contributed by atoms with Crippen LogP contribution in [-0.4, -0.2) is 4.98 Å². The summed E-state index contributed by atoms with van der Waals surface area (Å²) in [7, 11) is 0. The lowest BCUT2D eigenvalue weighted by atomic mass is 10.1. The first kappa shape index (κ1) is 8.05. The van der Waals surface area contributed by atoms with E-state index < -0.39 is 0 Å². The molecule has 5 heteroatoms. The van der Waals surface area contributed by atoms with Crippen molar-refractivity contribution in [1.29, 1.82) is 0 Å². The molecular formula is C10H7N5. The lowest BCUT2D eigenvalue weighted by Crippen LogP contribution is -2.23. The molecule has 5 nitrogen and oxygen atoms in total. The standard InChI is InChI=1S/C10H7N5/c1-2-4-7-6-11-10-9(8(7)5-3-1)12-14-15-13-10/h1-6H,(H,12,15). The van der Waals surface area contributed by atoms with E-state index in [0.29, 0.717) is 5.49 Å². The molecule has 2 aliphatic rings. The minimum atomic E-state index is 0.573. The van der Waals surface area contributed by atoms with E-state index in [1.807, 2.05) is 30.4 Å². The molecule has 15 heavy (non-hydrogen) atoms. The largest absolute Gasteiger partial charge is 0.254 e. The van der Waals surface area contributed by atoms with Gasteiger partial charge in [-0.1, -0.05) is 30.4 Å². The second-order valence-electron chi connectivity index (χ2n) is 3.14. The second-order valence-corrected chi connectivity index (χ2v) is 3.14. The highest BCUT2D eigenvalue weighted by atomic mass is 15.5. The zero-order chi connectivity index (χ0) is 10.1. The van der Waals surface area contributed by atoms with Crippen LogP contribution in [0.1, 0.15) is 5.56 Å². The predicted molar refractivity (Wildman–Crippen MR) is 56.1 cm³/mol. The van der Waals surface area contributed by atoms with E-state index in [1.54, 1.807) is 6.20 Å². The SMILES string of the molecule is C1=CC=c2cnc3c(c2C=C1)NN=NN=3. The van der Waals surface area contributed by atoms with Crippen molar-refractivity contribution < 1.29 is 0 Å². The molecule has 0 atom stereocenters. The van der Waals surface area contributed by atoms with Gasteiger partial charge in [-0.25, -0.2) is 4.98 Å². The average Bonchev–Trinajstić information content (AvgIpc) is 2.54. The molecule has 3 rings (SSSR count). The van der Waals surface area contributed by atoms with Crippen LogP contribution in [0.3, 0.4) is 0 Å². The van der Waals surface area contributed by atoms with Gasteiger partial charge in [0, 0.05) is 17.0 Å². The summed E-state index contributed by atoms with van der Waals surface area (Å²) in [6.07, 6.45) is 11.7. The Labute approximate surface area is 85.2 Å². The Hall–Kier alpha value is -2.30. The summed E-state index contributed by atoms with van der Waals surface area (Å²) in [6, 6.07) is 0. The quantitative estimate of drug-likeness (QED) is 0.667. The summed E-state index contributed by atoms with van der Waals surface area (Å²) in [4.78, 5) is 4.19. The molecule has 0 unspecified atom stereocenters. The molecule has 72 valence electrons. The Kier molecular flexibility index (Phi) is 1.68. The third-order valence-electron chi connectivity index (χ3n) is 2.24. The van der Waals surface area contributed by atoms with Crippen molar-refractivity contribution in [3.8, 4) is 0 Å². The maximum Gasteiger partial charge on any atom is 0.202 e. The maximum absolute atomic E-state index is 4.19. The highest BCUT2D eigenvalue weighted by Gasteiger charge is 2.08. The molecule has 0 saturated heterocycles. The number of allylic oxidation sites excluding steroid dienone is 3. The lowest BCUT2D eigenvalue weighted by molar-refractivity contribution is 0.889. The fraction of sp³-hybridized carbons (Fsp3) is 0. The van der Waals surface area contributed by atoms with Gasteiger partial charge >= 0.3 is 0 Å². The number of pyridine rings is 1. The van der Waals surface area contributed by atoms with E-state index in [1.165, 1.54) is 0 Å². The molecule has 1 aromatic rings. The molecule has 0 radical (unpaired) electrons. The number of hydrogen-bond acceptors (Lipinski definition) is 5. The number of nitrogens with zero attached hydrogens (tertiary/aromatic N) is 4. The average molecular weight is 197 g/mol. The lowest BCUT2D eigenvalue weighted by Gasteiger charge is -2.06. The van der Waals surface area contributed by atoms with Crippen molar-refractivity contribution in [3.05, 3.63) is 40.7 Å². The Morgan fingerprint density at radius 3 is 3.13 bits per heavy atom. The van der Waals surface area contributed by atoms with Gasteiger partial charge in [-0.3, -0.25) is 5.43 Å². The van der Waals surface area contributed by atoms with E-state index in [2.05, 4.69) is 26.0 Å². The van der Waals surface area contributed by atoms with Crippen molar-refractivity contribution in [2.24, 2.45) is 15.5 Å². The first-order valence-corrected chi connectivity index (χ1v) is 4.53. The van der Waals surface area contributed by atoms with Crippen LogP contribution in [0.25, 0.3) is 12.2 Å². The van der Waals surface area contributed by atoms with E-state index >= 15 is 0 Å². The third kappa shape index (κ3) is 1.25. The normalized spacial score (nSPS) is 15.5.